The Bertz CT molecular complexity index is 510. The third-order valence-corrected chi connectivity index (χ3v) is 5.20. The topological polar surface area (TPSA) is 17.1 Å². The van der Waals surface area contributed by atoms with Crippen LogP contribution in [0.3, 0.4) is 0 Å². The zero-order chi connectivity index (χ0) is 13.2. The number of hydrogen-bond donors (Lipinski definition) is 0. The highest BCUT2D eigenvalue weighted by Gasteiger charge is 2.28. The average Bonchev–Trinajstić information content (AvgIpc) is 2.85. The number of halogens is 1. The highest BCUT2D eigenvalue weighted by Crippen LogP contribution is 2.34. The van der Waals surface area contributed by atoms with E-state index < -0.39 is 0 Å². The highest BCUT2D eigenvalue weighted by atomic mass is 79.9. The van der Waals surface area contributed by atoms with Gasteiger partial charge in [-0.05, 0) is 56.1 Å². The standard InChI is InChI=1S/C17H19BrO/c18-16-10-4-9-15-14(16)8-3-7-13(17(15)19)11-12-5-1-2-6-12/h1-2,4,9-10,12-13H,3,5-8,11H2. The Hall–Kier alpha value is -0.890. The fourth-order valence-corrected chi connectivity index (χ4v) is 3.98. The van der Waals surface area contributed by atoms with Crippen LogP contribution >= 0.6 is 15.9 Å². The number of hydrogen-bond acceptors (Lipinski definition) is 1. The number of ketones is 1. The summed E-state index contributed by atoms with van der Waals surface area (Å²) in [5, 5.41) is 0. The van der Waals surface area contributed by atoms with E-state index in [4.69, 9.17) is 0 Å². The number of rotatable bonds is 2. The Morgan fingerprint density at radius 3 is 2.79 bits per heavy atom. The fourth-order valence-electron chi connectivity index (χ4n) is 3.41. The summed E-state index contributed by atoms with van der Waals surface area (Å²) >= 11 is 3.59. The smallest absolute Gasteiger partial charge is 0.166 e. The minimum atomic E-state index is 0.237. The largest absolute Gasteiger partial charge is 0.294 e. The van der Waals surface area contributed by atoms with Gasteiger partial charge in [0.1, 0.15) is 0 Å². The Morgan fingerprint density at radius 1 is 1.21 bits per heavy atom. The van der Waals surface area contributed by atoms with Gasteiger partial charge in [-0.2, -0.15) is 0 Å². The molecule has 1 aromatic carbocycles. The summed E-state index contributed by atoms with van der Waals surface area (Å²) in [5.41, 5.74) is 2.18. The van der Waals surface area contributed by atoms with Crippen LogP contribution in [-0.2, 0) is 6.42 Å². The van der Waals surface area contributed by atoms with Crippen LogP contribution in [0.2, 0.25) is 0 Å². The van der Waals surface area contributed by atoms with Crippen LogP contribution < -0.4 is 0 Å². The van der Waals surface area contributed by atoms with Crippen molar-refractivity contribution in [2.75, 3.05) is 0 Å². The summed E-state index contributed by atoms with van der Waals surface area (Å²) in [4.78, 5) is 12.7. The van der Waals surface area contributed by atoms with Crippen molar-refractivity contribution in [3.05, 3.63) is 46.0 Å². The molecular weight excluding hydrogens is 300 g/mol. The first kappa shape index (κ1) is 13.1. The molecule has 1 unspecified atom stereocenters. The van der Waals surface area contributed by atoms with Gasteiger partial charge in [0, 0.05) is 16.0 Å². The molecule has 3 rings (SSSR count). The van der Waals surface area contributed by atoms with Gasteiger partial charge < -0.3 is 0 Å². The predicted molar refractivity (Wildman–Crippen MR) is 81.4 cm³/mol. The molecule has 2 aliphatic carbocycles. The Labute approximate surface area is 123 Å². The van der Waals surface area contributed by atoms with Gasteiger partial charge >= 0.3 is 0 Å². The first-order chi connectivity index (χ1) is 9.25. The number of benzene rings is 1. The van der Waals surface area contributed by atoms with E-state index in [0.29, 0.717) is 11.7 Å². The van der Waals surface area contributed by atoms with Crippen LogP contribution in [0, 0.1) is 11.8 Å². The van der Waals surface area contributed by atoms with Gasteiger partial charge in [-0.25, -0.2) is 0 Å². The molecule has 1 nitrogen and oxygen atoms in total. The fraction of sp³-hybridized carbons (Fsp3) is 0.471. The van der Waals surface area contributed by atoms with E-state index in [1.54, 1.807) is 0 Å². The SMILES string of the molecule is O=C1c2cccc(Br)c2CCCC1CC1CC=CC1. The summed E-state index contributed by atoms with van der Waals surface area (Å²) in [6, 6.07) is 6.04. The van der Waals surface area contributed by atoms with Gasteiger partial charge in [0.15, 0.2) is 5.78 Å². The van der Waals surface area contributed by atoms with Gasteiger partial charge in [-0.1, -0.05) is 40.2 Å². The first-order valence-corrected chi connectivity index (χ1v) is 8.01. The maximum atomic E-state index is 12.7. The van der Waals surface area contributed by atoms with Gasteiger partial charge in [0.05, 0.1) is 0 Å². The monoisotopic (exact) mass is 318 g/mol. The highest BCUT2D eigenvalue weighted by molar-refractivity contribution is 9.10. The lowest BCUT2D eigenvalue weighted by Gasteiger charge is -2.18. The van der Waals surface area contributed by atoms with Crippen LogP contribution in [0.1, 0.15) is 48.0 Å². The molecular formula is C17H19BrO. The molecule has 1 aromatic rings. The molecule has 1 atom stereocenters. The van der Waals surface area contributed by atoms with Crippen molar-refractivity contribution in [3.8, 4) is 0 Å². The lowest BCUT2D eigenvalue weighted by atomic mass is 9.85. The van der Waals surface area contributed by atoms with Gasteiger partial charge in [0.25, 0.3) is 0 Å². The van der Waals surface area contributed by atoms with E-state index in [1.807, 2.05) is 18.2 Å². The minimum Gasteiger partial charge on any atom is -0.294 e. The lowest BCUT2D eigenvalue weighted by Crippen LogP contribution is -2.17. The third-order valence-electron chi connectivity index (χ3n) is 4.46. The summed E-state index contributed by atoms with van der Waals surface area (Å²) in [6.45, 7) is 0. The van der Waals surface area contributed by atoms with Crippen molar-refractivity contribution >= 4 is 21.7 Å². The van der Waals surface area contributed by atoms with Gasteiger partial charge in [0.2, 0.25) is 0 Å². The van der Waals surface area contributed by atoms with Crippen molar-refractivity contribution in [2.24, 2.45) is 11.8 Å². The van der Waals surface area contributed by atoms with Crippen LogP contribution in [0.15, 0.2) is 34.8 Å². The van der Waals surface area contributed by atoms with Crippen molar-refractivity contribution in [3.63, 3.8) is 0 Å². The second-order valence-corrected chi connectivity index (χ2v) is 6.62. The number of fused-ring (bicyclic) bond motifs is 1. The number of allylic oxidation sites excluding steroid dienone is 2. The number of Topliss-reactive ketones (excluding diaryl/α,β-unsaturated/α-hetero) is 1. The predicted octanol–water partition coefficient (Wildman–Crippen LogP) is 4.94. The lowest BCUT2D eigenvalue weighted by molar-refractivity contribution is 0.0896. The van der Waals surface area contributed by atoms with E-state index in [1.165, 1.54) is 5.56 Å². The van der Waals surface area contributed by atoms with Gasteiger partial charge in [-0.3, -0.25) is 4.79 Å². The Balaban J connectivity index is 1.82. The zero-order valence-electron chi connectivity index (χ0n) is 11.1. The second kappa shape index (κ2) is 5.62. The van der Waals surface area contributed by atoms with Crippen LogP contribution in [0.4, 0.5) is 0 Å². The van der Waals surface area contributed by atoms with Crippen LogP contribution in [-0.4, -0.2) is 5.78 Å². The molecule has 0 spiro atoms. The van der Waals surface area contributed by atoms with E-state index in [9.17, 15) is 4.79 Å². The second-order valence-electron chi connectivity index (χ2n) is 5.76. The van der Waals surface area contributed by atoms with Crippen molar-refractivity contribution in [1.29, 1.82) is 0 Å². The molecule has 2 aliphatic rings. The number of carbonyl (C=O) groups is 1. The zero-order valence-corrected chi connectivity index (χ0v) is 12.7. The summed E-state index contributed by atoms with van der Waals surface area (Å²) < 4.78 is 1.10. The summed E-state index contributed by atoms with van der Waals surface area (Å²) in [5.74, 6) is 1.31. The molecule has 0 radical (unpaired) electrons. The summed E-state index contributed by atoms with van der Waals surface area (Å²) in [7, 11) is 0. The Kier molecular flexibility index (Phi) is 3.88. The van der Waals surface area contributed by atoms with Crippen molar-refractivity contribution < 1.29 is 4.79 Å². The first-order valence-electron chi connectivity index (χ1n) is 7.22. The molecule has 0 aliphatic heterocycles. The average molecular weight is 319 g/mol. The Morgan fingerprint density at radius 2 is 2.00 bits per heavy atom. The molecule has 0 N–H and O–H groups in total. The maximum absolute atomic E-state index is 12.7. The molecule has 100 valence electrons. The van der Waals surface area contributed by atoms with E-state index >= 15 is 0 Å². The van der Waals surface area contributed by atoms with Crippen LogP contribution in [0.25, 0.3) is 0 Å². The molecule has 19 heavy (non-hydrogen) atoms. The molecule has 0 fully saturated rings. The normalized spacial score (nSPS) is 23.4. The molecule has 2 heteroatoms. The molecule has 0 saturated carbocycles. The molecule has 0 bridgehead atoms. The van der Waals surface area contributed by atoms with E-state index in [-0.39, 0.29) is 5.92 Å². The minimum absolute atomic E-state index is 0.237. The quantitative estimate of drug-likeness (QED) is 0.557. The van der Waals surface area contributed by atoms with Gasteiger partial charge in [-0.15, -0.1) is 0 Å². The summed E-state index contributed by atoms with van der Waals surface area (Å²) in [6.07, 6.45) is 11.1. The molecule has 0 saturated heterocycles. The molecule has 0 amide bonds. The van der Waals surface area contributed by atoms with Crippen LogP contribution in [0.5, 0.6) is 0 Å². The molecule has 0 heterocycles. The molecule has 0 aromatic heterocycles. The third kappa shape index (κ3) is 2.69. The number of carbonyl (C=O) groups excluding carboxylic acids is 1. The van der Waals surface area contributed by atoms with E-state index in [0.717, 1.165) is 48.6 Å². The van der Waals surface area contributed by atoms with E-state index in [2.05, 4.69) is 28.1 Å². The maximum Gasteiger partial charge on any atom is 0.166 e. The van der Waals surface area contributed by atoms with Crippen molar-refractivity contribution in [2.45, 2.75) is 38.5 Å². The van der Waals surface area contributed by atoms with Crippen molar-refractivity contribution in [1.82, 2.24) is 0 Å².